The van der Waals surface area contributed by atoms with Gasteiger partial charge in [-0.1, -0.05) is 18.9 Å². The van der Waals surface area contributed by atoms with Gasteiger partial charge in [0.15, 0.2) is 0 Å². The molecular weight excluding hydrogens is 260 g/mol. The molecule has 2 aliphatic rings. The van der Waals surface area contributed by atoms with E-state index in [-0.39, 0.29) is 0 Å². The third-order valence-corrected chi connectivity index (χ3v) is 4.74. The van der Waals surface area contributed by atoms with Gasteiger partial charge in [-0.3, -0.25) is 0 Å². The maximum Gasteiger partial charge on any atom is 0.142 e. The van der Waals surface area contributed by atoms with Crippen LogP contribution in [0.4, 0.5) is 5.69 Å². The van der Waals surface area contributed by atoms with Gasteiger partial charge in [0.1, 0.15) is 5.75 Å². The summed E-state index contributed by atoms with van der Waals surface area (Å²) in [5.74, 6) is 1.85. The van der Waals surface area contributed by atoms with Crippen molar-refractivity contribution in [1.82, 2.24) is 5.32 Å². The van der Waals surface area contributed by atoms with E-state index in [0.717, 1.165) is 44.5 Å². The standard InChI is InChI=1S/C18H28N2O/c1-15-7-8-18(21-14-16-5-2-3-6-16)17(13-15)20-11-4-9-19-10-12-20/h7-8,13,16,19H,2-6,9-12,14H2,1H3. The largest absolute Gasteiger partial charge is 0.491 e. The average Bonchev–Trinajstić information content (AvgIpc) is 2.86. The molecule has 1 heterocycles. The highest BCUT2D eigenvalue weighted by atomic mass is 16.5. The van der Waals surface area contributed by atoms with Crippen molar-refractivity contribution in [3.63, 3.8) is 0 Å². The molecule has 1 saturated carbocycles. The number of nitrogens with one attached hydrogen (secondary N) is 1. The highest BCUT2D eigenvalue weighted by Gasteiger charge is 2.18. The number of benzene rings is 1. The molecule has 116 valence electrons. The summed E-state index contributed by atoms with van der Waals surface area (Å²) in [4.78, 5) is 2.48. The second-order valence-electron chi connectivity index (χ2n) is 6.52. The number of anilines is 1. The van der Waals surface area contributed by atoms with Crippen LogP contribution in [0.15, 0.2) is 18.2 Å². The maximum atomic E-state index is 6.21. The molecule has 0 unspecified atom stereocenters. The van der Waals surface area contributed by atoms with Crippen LogP contribution >= 0.6 is 0 Å². The number of aryl methyl sites for hydroxylation is 1. The first kappa shape index (κ1) is 14.7. The van der Waals surface area contributed by atoms with Gasteiger partial charge in [0, 0.05) is 19.6 Å². The van der Waals surface area contributed by atoms with E-state index >= 15 is 0 Å². The molecule has 1 aliphatic carbocycles. The van der Waals surface area contributed by atoms with E-state index in [0.29, 0.717) is 0 Å². The number of hydrogen-bond acceptors (Lipinski definition) is 3. The van der Waals surface area contributed by atoms with Crippen molar-refractivity contribution in [2.24, 2.45) is 5.92 Å². The third-order valence-electron chi connectivity index (χ3n) is 4.74. The molecule has 1 aromatic carbocycles. The summed E-state index contributed by atoms with van der Waals surface area (Å²) in [6, 6.07) is 6.62. The van der Waals surface area contributed by atoms with Crippen LogP contribution in [0, 0.1) is 12.8 Å². The van der Waals surface area contributed by atoms with Crippen LogP contribution in [0.1, 0.15) is 37.7 Å². The molecule has 0 radical (unpaired) electrons. The van der Waals surface area contributed by atoms with Crippen molar-refractivity contribution in [2.75, 3.05) is 37.7 Å². The van der Waals surface area contributed by atoms with Crippen LogP contribution in [0.5, 0.6) is 5.75 Å². The Morgan fingerprint density at radius 2 is 2.00 bits per heavy atom. The fraction of sp³-hybridized carbons (Fsp3) is 0.667. The zero-order chi connectivity index (χ0) is 14.5. The van der Waals surface area contributed by atoms with Crippen LogP contribution in [0.2, 0.25) is 0 Å². The van der Waals surface area contributed by atoms with Crippen molar-refractivity contribution in [3.05, 3.63) is 23.8 Å². The van der Waals surface area contributed by atoms with Gasteiger partial charge in [-0.05, 0) is 56.3 Å². The number of hydrogen-bond donors (Lipinski definition) is 1. The van der Waals surface area contributed by atoms with Gasteiger partial charge < -0.3 is 15.0 Å². The van der Waals surface area contributed by atoms with Gasteiger partial charge in [-0.15, -0.1) is 0 Å². The molecule has 0 amide bonds. The fourth-order valence-electron chi connectivity index (χ4n) is 3.47. The SMILES string of the molecule is Cc1ccc(OCC2CCCC2)c(N2CCCNCC2)c1. The van der Waals surface area contributed by atoms with Gasteiger partial charge in [0.25, 0.3) is 0 Å². The lowest BCUT2D eigenvalue weighted by Gasteiger charge is -2.26. The maximum absolute atomic E-state index is 6.21. The summed E-state index contributed by atoms with van der Waals surface area (Å²) < 4.78 is 6.21. The molecule has 1 aromatic rings. The highest BCUT2D eigenvalue weighted by Crippen LogP contribution is 2.32. The Bertz CT molecular complexity index is 447. The molecule has 3 heteroatoms. The minimum atomic E-state index is 0.768. The van der Waals surface area contributed by atoms with Crippen molar-refractivity contribution < 1.29 is 4.74 Å². The zero-order valence-electron chi connectivity index (χ0n) is 13.2. The first-order valence-corrected chi connectivity index (χ1v) is 8.52. The van der Waals surface area contributed by atoms with Crippen molar-refractivity contribution in [1.29, 1.82) is 0 Å². The molecule has 1 aliphatic heterocycles. The van der Waals surface area contributed by atoms with Crippen LogP contribution in [0.25, 0.3) is 0 Å². The second kappa shape index (κ2) is 7.17. The van der Waals surface area contributed by atoms with Crippen molar-refractivity contribution >= 4 is 5.69 Å². The quantitative estimate of drug-likeness (QED) is 0.919. The van der Waals surface area contributed by atoms with Gasteiger partial charge >= 0.3 is 0 Å². The van der Waals surface area contributed by atoms with E-state index in [1.54, 1.807) is 0 Å². The Balaban J connectivity index is 1.71. The number of nitrogens with zero attached hydrogens (tertiary/aromatic N) is 1. The highest BCUT2D eigenvalue weighted by molar-refractivity contribution is 5.60. The predicted octanol–water partition coefficient (Wildman–Crippen LogP) is 3.36. The Hall–Kier alpha value is -1.22. The van der Waals surface area contributed by atoms with Crippen LogP contribution in [-0.2, 0) is 0 Å². The Morgan fingerprint density at radius 3 is 2.86 bits per heavy atom. The minimum absolute atomic E-state index is 0.768. The molecule has 0 spiro atoms. The Labute approximate surface area is 128 Å². The Morgan fingerprint density at radius 1 is 1.14 bits per heavy atom. The average molecular weight is 288 g/mol. The van der Waals surface area contributed by atoms with E-state index < -0.39 is 0 Å². The number of rotatable bonds is 4. The molecule has 0 bridgehead atoms. The molecule has 21 heavy (non-hydrogen) atoms. The molecule has 0 atom stereocenters. The topological polar surface area (TPSA) is 24.5 Å². The molecule has 0 aromatic heterocycles. The molecule has 3 nitrogen and oxygen atoms in total. The van der Waals surface area contributed by atoms with E-state index in [9.17, 15) is 0 Å². The normalized spacial score (nSPS) is 20.5. The van der Waals surface area contributed by atoms with Gasteiger partial charge in [-0.25, -0.2) is 0 Å². The molecule has 3 rings (SSSR count). The monoisotopic (exact) mass is 288 g/mol. The first-order chi connectivity index (χ1) is 10.3. The van der Waals surface area contributed by atoms with E-state index in [1.807, 2.05) is 0 Å². The van der Waals surface area contributed by atoms with Gasteiger partial charge in [-0.2, -0.15) is 0 Å². The predicted molar refractivity (Wildman–Crippen MR) is 88.3 cm³/mol. The summed E-state index contributed by atoms with van der Waals surface area (Å²) >= 11 is 0. The first-order valence-electron chi connectivity index (χ1n) is 8.52. The number of ether oxygens (including phenoxy) is 1. The van der Waals surface area contributed by atoms with Crippen molar-refractivity contribution in [3.8, 4) is 5.75 Å². The fourth-order valence-corrected chi connectivity index (χ4v) is 3.47. The summed E-state index contributed by atoms with van der Waals surface area (Å²) in [5, 5.41) is 3.48. The summed E-state index contributed by atoms with van der Waals surface area (Å²) in [6.07, 6.45) is 6.65. The van der Waals surface area contributed by atoms with E-state index in [4.69, 9.17) is 4.74 Å². The molecule has 1 N–H and O–H groups in total. The zero-order valence-corrected chi connectivity index (χ0v) is 13.2. The van der Waals surface area contributed by atoms with E-state index in [2.05, 4.69) is 35.3 Å². The lowest BCUT2D eigenvalue weighted by atomic mass is 10.1. The summed E-state index contributed by atoms with van der Waals surface area (Å²) in [5.41, 5.74) is 2.60. The lowest BCUT2D eigenvalue weighted by Crippen LogP contribution is -2.28. The third kappa shape index (κ3) is 3.91. The Kier molecular flexibility index (Phi) is 5.02. The van der Waals surface area contributed by atoms with Gasteiger partial charge in [0.05, 0.1) is 12.3 Å². The molecule has 1 saturated heterocycles. The minimum Gasteiger partial charge on any atom is -0.491 e. The van der Waals surface area contributed by atoms with E-state index in [1.165, 1.54) is 43.4 Å². The molecule has 2 fully saturated rings. The summed E-state index contributed by atoms with van der Waals surface area (Å²) in [7, 11) is 0. The van der Waals surface area contributed by atoms with Gasteiger partial charge in [0.2, 0.25) is 0 Å². The van der Waals surface area contributed by atoms with Crippen molar-refractivity contribution in [2.45, 2.75) is 39.0 Å². The van der Waals surface area contributed by atoms with Crippen LogP contribution in [-0.4, -0.2) is 32.8 Å². The smallest absolute Gasteiger partial charge is 0.142 e. The van der Waals surface area contributed by atoms with Crippen LogP contribution < -0.4 is 15.0 Å². The second-order valence-corrected chi connectivity index (χ2v) is 6.52. The van der Waals surface area contributed by atoms with Crippen LogP contribution in [0.3, 0.4) is 0 Å². The summed E-state index contributed by atoms with van der Waals surface area (Å²) in [6.45, 7) is 7.44. The molecular formula is C18H28N2O. The lowest BCUT2D eigenvalue weighted by molar-refractivity contribution is 0.252.